The van der Waals surface area contributed by atoms with Gasteiger partial charge in [0.15, 0.2) is 5.82 Å². The second-order valence-corrected chi connectivity index (χ2v) is 6.45. The molecule has 1 aromatic heterocycles. The summed E-state index contributed by atoms with van der Waals surface area (Å²) < 4.78 is 3.39. The molecule has 0 atom stereocenters. The number of rotatable bonds is 2. The molecule has 0 saturated carbocycles. The van der Waals surface area contributed by atoms with Gasteiger partial charge in [0.25, 0.3) is 0 Å². The van der Waals surface area contributed by atoms with Gasteiger partial charge in [-0.15, -0.1) is 5.10 Å². The second kappa shape index (κ2) is 5.75. The summed E-state index contributed by atoms with van der Waals surface area (Å²) in [5, 5.41) is 12.4. The second-order valence-electron chi connectivity index (χ2n) is 4.24. The van der Waals surface area contributed by atoms with Crippen molar-refractivity contribution in [2.24, 2.45) is 0 Å². The van der Waals surface area contributed by atoms with E-state index in [-0.39, 0.29) is 0 Å². The molecule has 0 bridgehead atoms. The van der Waals surface area contributed by atoms with E-state index in [0.717, 1.165) is 14.6 Å². The summed E-state index contributed by atoms with van der Waals surface area (Å²) in [5.74, 6) is 0.522. The van der Waals surface area contributed by atoms with Gasteiger partial charge in [0, 0.05) is 25.2 Å². The fraction of sp³-hybridized carbons (Fsp3) is 0. The maximum absolute atomic E-state index is 6.04. The lowest BCUT2D eigenvalue weighted by Crippen LogP contribution is -2.02. The van der Waals surface area contributed by atoms with Crippen molar-refractivity contribution in [2.75, 3.05) is 5.73 Å². The topological polar surface area (TPSA) is 69.6 Å². The van der Waals surface area contributed by atoms with Gasteiger partial charge in [-0.05, 0) is 62.8 Å². The van der Waals surface area contributed by atoms with Crippen LogP contribution in [0.1, 0.15) is 0 Å². The number of nitrogens with two attached hydrogens (primary N) is 1. The first-order valence-corrected chi connectivity index (χ1v) is 7.82. The Hall–Kier alpha value is -1.44. The molecule has 8 heteroatoms. The molecule has 0 fully saturated rings. The highest BCUT2D eigenvalue weighted by Gasteiger charge is 2.16. The molecule has 2 aromatic carbocycles. The predicted molar refractivity (Wildman–Crippen MR) is 89.4 cm³/mol. The van der Waals surface area contributed by atoms with E-state index in [2.05, 4.69) is 47.4 Å². The van der Waals surface area contributed by atoms with E-state index in [0.29, 0.717) is 22.1 Å². The van der Waals surface area contributed by atoms with Crippen molar-refractivity contribution in [3.8, 4) is 17.1 Å². The highest BCUT2D eigenvalue weighted by atomic mass is 79.9. The van der Waals surface area contributed by atoms with Crippen LogP contribution in [0, 0.1) is 0 Å². The molecule has 5 nitrogen and oxygen atoms in total. The van der Waals surface area contributed by atoms with E-state index in [4.69, 9.17) is 17.3 Å². The Morgan fingerprint density at radius 1 is 1.10 bits per heavy atom. The molecular weight excluding hydrogens is 421 g/mol. The lowest BCUT2D eigenvalue weighted by molar-refractivity contribution is 0.788. The normalized spacial score (nSPS) is 10.8. The zero-order valence-corrected chi connectivity index (χ0v) is 14.4. The van der Waals surface area contributed by atoms with Gasteiger partial charge in [-0.3, -0.25) is 0 Å². The third kappa shape index (κ3) is 2.81. The molecule has 21 heavy (non-hydrogen) atoms. The Kier molecular flexibility index (Phi) is 3.97. The molecule has 0 radical (unpaired) electrons. The van der Waals surface area contributed by atoms with Gasteiger partial charge >= 0.3 is 0 Å². The summed E-state index contributed by atoms with van der Waals surface area (Å²) >= 11 is 13.0. The van der Waals surface area contributed by atoms with Crippen LogP contribution in [-0.2, 0) is 0 Å². The van der Waals surface area contributed by atoms with Crippen molar-refractivity contribution in [3.63, 3.8) is 0 Å². The molecule has 2 N–H and O–H groups in total. The van der Waals surface area contributed by atoms with Crippen molar-refractivity contribution in [2.45, 2.75) is 0 Å². The number of tetrazole rings is 1. The molecule has 0 aliphatic heterocycles. The third-order valence-electron chi connectivity index (χ3n) is 2.86. The molecule has 0 spiro atoms. The van der Waals surface area contributed by atoms with Crippen LogP contribution >= 0.6 is 43.5 Å². The Morgan fingerprint density at radius 2 is 1.90 bits per heavy atom. The summed E-state index contributed by atoms with van der Waals surface area (Å²) in [6.07, 6.45) is 0. The zero-order chi connectivity index (χ0) is 15.0. The van der Waals surface area contributed by atoms with Gasteiger partial charge in [-0.1, -0.05) is 27.5 Å². The number of nitrogen functional groups attached to an aromatic ring is 1. The lowest BCUT2D eigenvalue weighted by Gasteiger charge is -2.09. The van der Waals surface area contributed by atoms with Crippen LogP contribution in [0.2, 0.25) is 5.02 Å². The van der Waals surface area contributed by atoms with Gasteiger partial charge in [0.05, 0.1) is 5.69 Å². The minimum atomic E-state index is 0.522. The highest BCUT2D eigenvalue weighted by molar-refractivity contribution is 9.11. The largest absolute Gasteiger partial charge is 0.398 e. The van der Waals surface area contributed by atoms with E-state index in [1.165, 1.54) is 0 Å². The van der Waals surface area contributed by atoms with Gasteiger partial charge < -0.3 is 5.73 Å². The Labute approximate surface area is 142 Å². The van der Waals surface area contributed by atoms with Gasteiger partial charge in [0.1, 0.15) is 0 Å². The van der Waals surface area contributed by atoms with E-state index in [9.17, 15) is 0 Å². The van der Waals surface area contributed by atoms with Gasteiger partial charge in [-0.2, -0.15) is 4.68 Å². The van der Waals surface area contributed by atoms with Crippen LogP contribution < -0.4 is 5.73 Å². The molecule has 3 aromatic rings. The van der Waals surface area contributed by atoms with Crippen LogP contribution in [-0.4, -0.2) is 20.2 Å². The molecule has 0 aliphatic carbocycles. The smallest absolute Gasteiger partial charge is 0.189 e. The first kappa shape index (κ1) is 14.5. The monoisotopic (exact) mass is 427 g/mol. The summed E-state index contributed by atoms with van der Waals surface area (Å²) in [4.78, 5) is 0. The first-order chi connectivity index (χ1) is 10.1. The Balaban J connectivity index is 2.22. The van der Waals surface area contributed by atoms with Crippen LogP contribution in [0.5, 0.6) is 0 Å². The molecule has 0 unspecified atom stereocenters. The molecule has 3 rings (SSSR count). The van der Waals surface area contributed by atoms with Crippen LogP contribution in [0.3, 0.4) is 0 Å². The minimum absolute atomic E-state index is 0.522. The fourth-order valence-corrected chi connectivity index (χ4v) is 2.82. The standard InChI is InChI=1S/C13H8Br2ClN5/c14-7-1-3-10(15)12(5-7)21-13(18-19-20-21)9-6-8(16)2-4-11(9)17/h1-6H,17H2. The summed E-state index contributed by atoms with van der Waals surface area (Å²) in [6, 6.07) is 10.9. The number of halogens is 3. The maximum atomic E-state index is 6.04. The first-order valence-electron chi connectivity index (χ1n) is 5.85. The summed E-state index contributed by atoms with van der Waals surface area (Å²) in [7, 11) is 0. The van der Waals surface area contributed by atoms with E-state index < -0.39 is 0 Å². The number of benzene rings is 2. The fourth-order valence-electron chi connectivity index (χ4n) is 1.89. The molecule has 106 valence electrons. The number of nitrogens with zero attached hydrogens (tertiary/aromatic N) is 4. The van der Waals surface area contributed by atoms with E-state index in [1.807, 2.05) is 18.2 Å². The predicted octanol–water partition coefficient (Wildman–Crippen LogP) is 4.09. The van der Waals surface area contributed by atoms with E-state index >= 15 is 0 Å². The van der Waals surface area contributed by atoms with Crippen molar-refractivity contribution in [1.29, 1.82) is 0 Å². The number of anilines is 1. The number of aromatic nitrogens is 4. The lowest BCUT2D eigenvalue weighted by atomic mass is 10.1. The van der Waals surface area contributed by atoms with E-state index in [1.54, 1.807) is 22.9 Å². The molecule has 0 aliphatic rings. The molecular formula is C13H8Br2ClN5. The van der Waals surface area contributed by atoms with Crippen molar-refractivity contribution >= 4 is 49.1 Å². The summed E-state index contributed by atoms with van der Waals surface area (Å²) in [5.41, 5.74) is 8.04. The molecule has 0 saturated heterocycles. The highest BCUT2D eigenvalue weighted by Crippen LogP contribution is 2.31. The van der Waals surface area contributed by atoms with Crippen molar-refractivity contribution in [3.05, 3.63) is 50.4 Å². The maximum Gasteiger partial charge on any atom is 0.189 e. The SMILES string of the molecule is Nc1ccc(Cl)cc1-c1nnnn1-c1cc(Br)ccc1Br. The molecule has 0 amide bonds. The molecule has 1 heterocycles. The quantitative estimate of drug-likeness (QED) is 0.623. The zero-order valence-electron chi connectivity index (χ0n) is 10.5. The van der Waals surface area contributed by atoms with Crippen LogP contribution in [0.25, 0.3) is 17.1 Å². The third-order valence-corrected chi connectivity index (χ3v) is 4.26. The minimum Gasteiger partial charge on any atom is -0.398 e. The average Bonchev–Trinajstić information content (AvgIpc) is 2.93. The van der Waals surface area contributed by atoms with Gasteiger partial charge in [0.2, 0.25) is 0 Å². The Morgan fingerprint density at radius 3 is 2.71 bits per heavy atom. The average molecular weight is 430 g/mol. The van der Waals surface area contributed by atoms with Crippen LogP contribution in [0.4, 0.5) is 5.69 Å². The van der Waals surface area contributed by atoms with Crippen LogP contribution in [0.15, 0.2) is 45.3 Å². The number of hydrogen-bond donors (Lipinski definition) is 1. The summed E-state index contributed by atoms with van der Waals surface area (Å²) in [6.45, 7) is 0. The number of hydrogen-bond acceptors (Lipinski definition) is 4. The van der Waals surface area contributed by atoms with Crippen molar-refractivity contribution < 1.29 is 0 Å². The Bertz CT molecular complexity index is 752. The van der Waals surface area contributed by atoms with Crippen molar-refractivity contribution in [1.82, 2.24) is 20.2 Å². The van der Waals surface area contributed by atoms with Gasteiger partial charge in [-0.25, -0.2) is 0 Å².